The minimum atomic E-state index is -0.402. The van der Waals surface area contributed by atoms with E-state index in [1.54, 1.807) is 0 Å². The number of carbonyl (C=O) groups excluding carboxylic acids is 1. The van der Waals surface area contributed by atoms with E-state index in [4.69, 9.17) is 9.31 Å². The van der Waals surface area contributed by atoms with Crippen LogP contribution in [0.15, 0.2) is 18.2 Å². The van der Waals surface area contributed by atoms with Crippen molar-refractivity contribution in [3.63, 3.8) is 0 Å². The third kappa shape index (κ3) is 3.26. The van der Waals surface area contributed by atoms with Crippen LogP contribution in [0.5, 0.6) is 0 Å². The van der Waals surface area contributed by atoms with E-state index in [1.807, 2.05) is 0 Å². The zero-order chi connectivity index (χ0) is 23.0. The predicted molar refractivity (Wildman–Crippen MR) is 131 cm³/mol. The van der Waals surface area contributed by atoms with Gasteiger partial charge in [0.1, 0.15) is 0 Å². The first-order valence-electron chi connectivity index (χ1n) is 13.0. The number of fused-ring (bicyclic) bond motifs is 2. The molecule has 1 saturated carbocycles. The van der Waals surface area contributed by atoms with Crippen molar-refractivity contribution in [2.75, 3.05) is 31.1 Å². The van der Waals surface area contributed by atoms with Crippen LogP contribution >= 0.6 is 0 Å². The van der Waals surface area contributed by atoms with Gasteiger partial charge in [0.25, 0.3) is 0 Å². The molecule has 4 fully saturated rings. The fourth-order valence-corrected chi connectivity index (χ4v) is 6.61. The van der Waals surface area contributed by atoms with Gasteiger partial charge in [-0.2, -0.15) is 0 Å². The first kappa shape index (κ1) is 22.1. The van der Waals surface area contributed by atoms with Crippen molar-refractivity contribution in [2.24, 2.45) is 0 Å². The van der Waals surface area contributed by atoms with Crippen LogP contribution < -0.4 is 15.7 Å². The fourth-order valence-electron chi connectivity index (χ4n) is 6.61. The van der Waals surface area contributed by atoms with Crippen LogP contribution in [0.25, 0.3) is 0 Å². The van der Waals surface area contributed by atoms with Crippen LogP contribution in [0.2, 0.25) is 0 Å². The van der Waals surface area contributed by atoms with Crippen molar-refractivity contribution in [3.05, 3.63) is 23.8 Å². The maximum Gasteiger partial charge on any atom is 0.494 e. The highest BCUT2D eigenvalue weighted by atomic mass is 16.7. The standard InChI is InChI=1S/C26H38BN3O3/c1-24(2)25(3,4)33-27(32-24)18-7-8-21-22(15-18)30(23(31)26(21)9-11-28-12-10-26)20-16-19(17-20)29-13-5-6-14-29/h7-8,15,19-20,28H,5-6,9-14,16-17H2,1-4H3. The summed E-state index contributed by atoms with van der Waals surface area (Å²) < 4.78 is 12.7. The fraction of sp³-hybridized carbons (Fsp3) is 0.731. The number of anilines is 1. The molecule has 5 aliphatic rings. The summed E-state index contributed by atoms with van der Waals surface area (Å²) in [6, 6.07) is 7.49. The molecule has 4 heterocycles. The third-order valence-electron chi connectivity index (χ3n) is 9.52. The molecule has 4 aliphatic heterocycles. The van der Waals surface area contributed by atoms with Crippen LogP contribution in [0.3, 0.4) is 0 Å². The normalized spacial score (nSPS) is 32.4. The molecule has 7 heteroatoms. The Labute approximate surface area is 198 Å². The SMILES string of the molecule is CC1(C)OB(c2ccc3c(c2)N(C2CC(N4CCCC4)C2)C(=O)C32CCNCC2)OC1(C)C. The molecule has 1 amide bonds. The second-order valence-corrected chi connectivity index (χ2v) is 11.9. The van der Waals surface area contributed by atoms with E-state index in [2.05, 4.69) is 61.0 Å². The van der Waals surface area contributed by atoms with Gasteiger partial charge < -0.3 is 24.4 Å². The minimum absolute atomic E-state index is 0.310. The van der Waals surface area contributed by atoms with Gasteiger partial charge in [-0.15, -0.1) is 0 Å². The number of nitrogens with zero attached hydrogens (tertiary/aromatic N) is 2. The number of rotatable bonds is 3. The Morgan fingerprint density at radius 3 is 2.24 bits per heavy atom. The highest BCUT2D eigenvalue weighted by molar-refractivity contribution is 6.62. The molecule has 0 unspecified atom stereocenters. The number of benzene rings is 1. The maximum atomic E-state index is 14.1. The summed E-state index contributed by atoms with van der Waals surface area (Å²) in [5.41, 5.74) is 2.23. The Hall–Kier alpha value is -1.41. The Bertz CT molecular complexity index is 930. The number of nitrogens with one attached hydrogen (secondary N) is 1. The van der Waals surface area contributed by atoms with E-state index < -0.39 is 7.12 Å². The first-order chi connectivity index (χ1) is 15.7. The van der Waals surface area contributed by atoms with Gasteiger partial charge in [-0.05, 0) is 109 Å². The molecule has 1 N–H and O–H groups in total. The summed E-state index contributed by atoms with van der Waals surface area (Å²) in [6.45, 7) is 12.6. The molecule has 0 bridgehead atoms. The van der Waals surface area contributed by atoms with Gasteiger partial charge in [-0.25, -0.2) is 0 Å². The van der Waals surface area contributed by atoms with Crippen LogP contribution in [0, 0.1) is 0 Å². The molecule has 33 heavy (non-hydrogen) atoms. The van der Waals surface area contributed by atoms with Gasteiger partial charge in [-0.3, -0.25) is 4.79 Å². The molecule has 0 radical (unpaired) electrons. The molecule has 6 nitrogen and oxygen atoms in total. The lowest BCUT2D eigenvalue weighted by molar-refractivity contribution is -0.125. The lowest BCUT2D eigenvalue weighted by Crippen LogP contribution is -2.57. The molecule has 1 aromatic rings. The van der Waals surface area contributed by atoms with Crippen molar-refractivity contribution in [1.82, 2.24) is 10.2 Å². The molecule has 178 valence electrons. The smallest absolute Gasteiger partial charge is 0.399 e. The zero-order valence-electron chi connectivity index (χ0n) is 20.7. The van der Waals surface area contributed by atoms with E-state index in [9.17, 15) is 4.79 Å². The summed E-state index contributed by atoms with van der Waals surface area (Å²) in [5, 5.41) is 3.46. The maximum absolute atomic E-state index is 14.1. The van der Waals surface area contributed by atoms with Crippen molar-refractivity contribution in [2.45, 2.75) is 94.9 Å². The largest absolute Gasteiger partial charge is 0.494 e. The van der Waals surface area contributed by atoms with E-state index in [1.165, 1.54) is 31.5 Å². The van der Waals surface area contributed by atoms with Gasteiger partial charge in [0.2, 0.25) is 5.91 Å². The van der Waals surface area contributed by atoms with Gasteiger partial charge >= 0.3 is 7.12 Å². The molecular formula is C26H38BN3O3. The first-order valence-corrected chi connectivity index (χ1v) is 13.0. The van der Waals surface area contributed by atoms with Crippen LogP contribution in [0.1, 0.15) is 71.8 Å². The van der Waals surface area contributed by atoms with Crippen LogP contribution in [-0.2, 0) is 19.5 Å². The topological polar surface area (TPSA) is 54.0 Å². The summed E-state index contributed by atoms with van der Waals surface area (Å²) in [6.07, 6.45) is 6.60. The lowest BCUT2D eigenvalue weighted by Gasteiger charge is -2.46. The van der Waals surface area contributed by atoms with Crippen LogP contribution in [0.4, 0.5) is 5.69 Å². The van der Waals surface area contributed by atoms with Gasteiger partial charge in [-0.1, -0.05) is 12.1 Å². The highest BCUT2D eigenvalue weighted by Crippen LogP contribution is 2.50. The van der Waals surface area contributed by atoms with Crippen molar-refractivity contribution >= 4 is 24.2 Å². The van der Waals surface area contributed by atoms with Gasteiger partial charge in [0.15, 0.2) is 0 Å². The van der Waals surface area contributed by atoms with Crippen molar-refractivity contribution in [1.29, 1.82) is 0 Å². The number of hydrogen-bond donors (Lipinski definition) is 1. The molecule has 0 atom stereocenters. The quantitative estimate of drug-likeness (QED) is 0.717. The van der Waals surface area contributed by atoms with Crippen molar-refractivity contribution < 1.29 is 14.1 Å². The Morgan fingerprint density at radius 2 is 1.61 bits per heavy atom. The van der Waals surface area contributed by atoms with E-state index >= 15 is 0 Å². The minimum Gasteiger partial charge on any atom is -0.399 e. The Balaban J connectivity index is 1.33. The monoisotopic (exact) mass is 451 g/mol. The molecule has 1 aromatic carbocycles. The molecule has 6 rings (SSSR count). The average molecular weight is 451 g/mol. The second-order valence-electron chi connectivity index (χ2n) is 11.9. The summed E-state index contributed by atoms with van der Waals surface area (Å²) >= 11 is 0. The number of hydrogen-bond acceptors (Lipinski definition) is 5. The summed E-state index contributed by atoms with van der Waals surface area (Å²) in [4.78, 5) is 18.9. The molecular weight excluding hydrogens is 413 g/mol. The number of amides is 1. The zero-order valence-corrected chi connectivity index (χ0v) is 20.7. The van der Waals surface area contributed by atoms with E-state index in [0.717, 1.165) is 49.9 Å². The highest BCUT2D eigenvalue weighted by Gasteiger charge is 2.56. The average Bonchev–Trinajstić information content (AvgIpc) is 3.40. The summed E-state index contributed by atoms with van der Waals surface area (Å²) in [5.74, 6) is 0.329. The number of carbonyl (C=O) groups is 1. The Morgan fingerprint density at radius 1 is 0.970 bits per heavy atom. The molecule has 1 aliphatic carbocycles. The molecule has 0 aromatic heterocycles. The molecule has 1 spiro atoms. The number of likely N-dealkylation sites (tertiary alicyclic amines) is 1. The number of piperidine rings is 1. The summed E-state index contributed by atoms with van der Waals surface area (Å²) in [7, 11) is -0.402. The lowest BCUT2D eigenvalue weighted by atomic mass is 9.72. The predicted octanol–water partition coefficient (Wildman–Crippen LogP) is 2.58. The van der Waals surface area contributed by atoms with Gasteiger partial charge in [0, 0.05) is 17.8 Å². The van der Waals surface area contributed by atoms with E-state index in [0.29, 0.717) is 18.0 Å². The Kier molecular flexibility index (Phi) is 5.05. The van der Waals surface area contributed by atoms with E-state index in [-0.39, 0.29) is 16.6 Å². The molecule has 3 saturated heterocycles. The second kappa shape index (κ2) is 7.55. The van der Waals surface area contributed by atoms with Crippen molar-refractivity contribution in [3.8, 4) is 0 Å². The van der Waals surface area contributed by atoms with Crippen LogP contribution in [-0.4, -0.2) is 67.4 Å². The third-order valence-corrected chi connectivity index (χ3v) is 9.52. The van der Waals surface area contributed by atoms with Gasteiger partial charge in [0.05, 0.1) is 16.6 Å².